The van der Waals surface area contributed by atoms with Gasteiger partial charge < -0.3 is 9.80 Å². The van der Waals surface area contributed by atoms with E-state index >= 15 is 0 Å². The monoisotopic (exact) mass is 342 g/mol. The summed E-state index contributed by atoms with van der Waals surface area (Å²) in [6.45, 7) is 8.56. The van der Waals surface area contributed by atoms with Crippen molar-refractivity contribution in [2.24, 2.45) is 5.92 Å². The van der Waals surface area contributed by atoms with Crippen LogP contribution in [0.15, 0.2) is 18.3 Å². The molecular weight excluding hydrogens is 312 g/mol. The molecule has 3 saturated heterocycles. The summed E-state index contributed by atoms with van der Waals surface area (Å²) >= 11 is 0. The number of carbonyl (C=O) groups is 1. The van der Waals surface area contributed by atoms with E-state index < -0.39 is 0 Å². The summed E-state index contributed by atoms with van der Waals surface area (Å²) in [5.74, 6) is 1.98. The molecule has 4 rings (SSSR count). The Morgan fingerprint density at radius 3 is 2.60 bits per heavy atom. The molecule has 1 atom stereocenters. The molecule has 25 heavy (non-hydrogen) atoms. The first-order valence-corrected chi connectivity index (χ1v) is 9.95. The number of piperidine rings is 1. The van der Waals surface area contributed by atoms with Gasteiger partial charge in [-0.25, -0.2) is 4.98 Å². The lowest BCUT2D eigenvalue weighted by Crippen LogP contribution is -2.39. The van der Waals surface area contributed by atoms with E-state index in [1.54, 1.807) is 6.20 Å². The van der Waals surface area contributed by atoms with E-state index in [-0.39, 0.29) is 5.91 Å². The van der Waals surface area contributed by atoms with Gasteiger partial charge in [-0.3, -0.25) is 9.69 Å². The van der Waals surface area contributed by atoms with Crippen LogP contribution in [-0.4, -0.2) is 66.0 Å². The van der Waals surface area contributed by atoms with Gasteiger partial charge in [0.1, 0.15) is 5.82 Å². The molecule has 4 heterocycles. The van der Waals surface area contributed by atoms with Gasteiger partial charge in [-0.05, 0) is 56.7 Å². The SMILES string of the molecule is CC1CCN(c2ccc(C(=O)N3CCCN4CCCC4C3)cn2)CC1. The van der Waals surface area contributed by atoms with Gasteiger partial charge in [0.15, 0.2) is 0 Å². The van der Waals surface area contributed by atoms with E-state index in [9.17, 15) is 4.79 Å². The van der Waals surface area contributed by atoms with Crippen LogP contribution in [0.1, 0.15) is 49.4 Å². The molecule has 1 unspecified atom stereocenters. The van der Waals surface area contributed by atoms with E-state index in [2.05, 4.69) is 26.6 Å². The summed E-state index contributed by atoms with van der Waals surface area (Å²) in [6.07, 6.45) is 7.83. The normalized spacial score (nSPS) is 25.7. The van der Waals surface area contributed by atoms with Gasteiger partial charge in [-0.1, -0.05) is 6.92 Å². The maximum absolute atomic E-state index is 12.9. The third-order valence-corrected chi connectivity index (χ3v) is 6.19. The second kappa shape index (κ2) is 7.32. The maximum atomic E-state index is 12.9. The van der Waals surface area contributed by atoms with Crippen molar-refractivity contribution in [1.82, 2.24) is 14.8 Å². The fraction of sp³-hybridized carbons (Fsp3) is 0.700. The quantitative estimate of drug-likeness (QED) is 0.828. The first-order valence-electron chi connectivity index (χ1n) is 9.95. The van der Waals surface area contributed by atoms with Crippen molar-refractivity contribution in [3.63, 3.8) is 0 Å². The predicted octanol–water partition coefficient (Wildman–Crippen LogP) is 2.63. The van der Waals surface area contributed by atoms with Gasteiger partial charge in [0, 0.05) is 45.0 Å². The van der Waals surface area contributed by atoms with Crippen LogP contribution in [0.4, 0.5) is 5.82 Å². The molecule has 0 bridgehead atoms. The lowest BCUT2D eigenvalue weighted by Gasteiger charge is -2.31. The fourth-order valence-corrected chi connectivity index (χ4v) is 4.51. The molecule has 0 aliphatic carbocycles. The van der Waals surface area contributed by atoms with E-state index in [0.29, 0.717) is 6.04 Å². The van der Waals surface area contributed by atoms with Crippen molar-refractivity contribution in [3.05, 3.63) is 23.9 Å². The summed E-state index contributed by atoms with van der Waals surface area (Å²) < 4.78 is 0. The zero-order valence-corrected chi connectivity index (χ0v) is 15.4. The van der Waals surface area contributed by atoms with Crippen LogP contribution in [-0.2, 0) is 0 Å². The molecule has 0 radical (unpaired) electrons. The van der Waals surface area contributed by atoms with Gasteiger partial charge in [-0.2, -0.15) is 0 Å². The number of nitrogens with zero attached hydrogens (tertiary/aromatic N) is 4. The number of fused-ring (bicyclic) bond motifs is 1. The highest BCUT2D eigenvalue weighted by molar-refractivity contribution is 5.94. The lowest BCUT2D eigenvalue weighted by atomic mass is 9.99. The standard InChI is InChI=1S/C20H30N4O/c1-16-7-12-23(13-8-16)19-6-5-17(14-21-19)20(25)24-11-3-10-22-9-2-4-18(22)15-24/h5-6,14,16,18H,2-4,7-13,15H2,1H3. The Morgan fingerprint density at radius 1 is 1.04 bits per heavy atom. The number of anilines is 1. The van der Waals surface area contributed by atoms with Gasteiger partial charge in [0.05, 0.1) is 5.56 Å². The smallest absolute Gasteiger partial charge is 0.255 e. The zero-order valence-electron chi connectivity index (χ0n) is 15.4. The zero-order chi connectivity index (χ0) is 17.2. The molecule has 0 N–H and O–H groups in total. The average molecular weight is 342 g/mol. The third-order valence-electron chi connectivity index (χ3n) is 6.19. The number of carbonyl (C=O) groups excluding carboxylic acids is 1. The molecule has 3 fully saturated rings. The molecule has 0 saturated carbocycles. The van der Waals surface area contributed by atoms with E-state index in [1.165, 1.54) is 32.2 Å². The number of aromatic nitrogens is 1. The van der Waals surface area contributed by atoms with Crippen molar-refractivity contribution in [2.45, 2.75) is 45.1 Å². The average Bonchev–Trinajstić information content (AvgIpc) is 2.99. The highest BCUT2D eigenvalue weighted by Gasteiger charge is 2.31. The Bertz CT molecular complexity index is 594. The minimum atomic E-state index is 0.153. The second-order valence-electron chi connectivity index (χ2n) is 8.01. The number of pyridine rings is 1. The molecule has 0 spiro atoms. The van der Waals surface area contributed by atoms with Crippen molar-refractivity contribution >= 4 is 11.7 Å². The van der Waals surface area contributed by atoms with Crippen LogP contribution in [0, 0.1) is 5.92 Å². The Balaban J connectivity index is 1.41. The molecule has 136 valence electrons. The molecule has 3 aliphatic rings. The minimum Gasteiger partial charge on any atom is -0.357 e. The molecule has 5 nitrogen and oxygen atoms in total. The van der Waals surface area contributed by atoms with Gasteiger partial charge in [-0.15, -0.1) is 0 Å². The first kappa shape index (κ1) is 16.8. The van der Waals surface area contributed by atoms with Gasteiger partial charge in [0.2, 0.25) is 0 Å². The van der Waals surface area contributed by atoms with Crippen LogP contribution < -0.4 is 4.90 Å². The molecular formula is C20H30N4O. The number of hydrogen-bond acceptors (Lipinski definition) is 4. The topological polar surface area (TPSA) is 39.7 Å². The van der Waals surface area contributed by atoms with Crippen LogP contribution in [0.2, 0.25) is 0 Å². The predicted molar refractivity (Wildman–Crippen MR) is 100.0 cm³/mol. The van der Waals surface area contributed by atoms with E-state index in [1.807, 2.05) is 12.1 Å². The van der Waals surface area contributed by atoms with Crippen molar-refractivity contribution in [3.8, 4) is 0 Å². The Kier molecular flexibility index (Phi) is 4.93. The van der Waals surface area contributed by atoms with Crippen LogP contribution in [0.5, 0.6) is 0 Å². The van der Waals surface area contributed by atoms with E-state index in [4.69, 9.17) is 0 Å². The van der Waals surface area contributed by atoms with E-state index in [0.717, 1.165) is 56.4 Å². The lowest BCUT2D eigenvalue weighted by molar-refractivity contribution is 0.0743. The summed E-state index contributed by atoms with van der Waals surface area (Å²) in [5, 5.41) is 0. The van der Waals surface area contributed by atoms with Gasteiger partial charge >= 0.3 is 0 Å². The van der Waals surface area contributed by atoms with Crippen LogP contribution >= 0.6 is 0 Å². The molecule has 0 aromatic carbocycles. The largest absolute Gasteiger partial charge is 0.357 e. The summed E-state index contributed by atoms with van der Waals surface area (Å²) in [7, 11) is 0. The highest BCUT2D eigenvalue weighted by atomic mass is 16.2. The van der Waals surface area contributed by atoms with Crippen LogP contribution in [0.25, 0.3) is 0 Å². The van der Waals surface area contributed by atoms with Crippen molar-refractivity contribution < 1.29 is 4.79 Å². The Labute approximate surface area is 151 Å². The third kappa shape index (κ3) is 3.66. The molecule has 1 aromatic rings. The van der Waals surface area contributed by atoms with Crippen molar-refractivity contribution in [2.75, 3.05) is 44.2 Å². The summed E-state index contributed by atoms with van der Waals surface area (Å²) in [4.78, 5) is 24.5. The Morgan fingerprint density at radius 2 is 1.84 bits per heavy atom. The highest BCUT2D eigenvalue weighted by Crippen LogP contribution is 2.24. The van der Waals surface area contributed by atoms with Crippen molar-refractivity contribution in [1.29, 1.82) is 0 Å². The first-order chi connectivity index (χ1) is 12.2. The molecule has 1 aromatic heterocycles. The molecule has 1 amide bonds. The number of rotatable bonds is 2. The molecule has 5 heteroatoms. The fourth-order valence-electron chi connectivity index (χ4n) is 4.51. The van der Waals surface area contributed by atoms with Crippen LogP contribution in [0.3, 0.4) is 0 Å². The second-order valence-corrected chi connectivity index (χ2v) is 8.01. The summed E-state index contributed by atoms with van der Waals surface area (Å²) in [5.41, 5.74) is 0.737. The van der Waals surface area contributed by atoms with Gasteiger partial charge in [0.25, 0.3) is 5.91 Å². The maximum Gasteiger partial charge on any atom is 0.255 e. The molecule has 3 aliphatic heterocycles. The summed E-state index contributed by atoms with van der Waals surface area (Å²) in [6, 6.07) is 4.57. The Hall–Kier alpha value is -1.62. The number of hydrogen-bond donors (Lipinski definition) is 0. The minimum absolute atomic E-state index is 0.153. The number of amides is 1.